The van der Waals surface area contributed by atoms with Gasteiger partial charge < -0.3 is 11.1 Å². The lowest BCUT2D eigenvalue weighted by atomic mass is 10.3. The first-order valence-corrected chi connectivity index (χ1v) is 5.88. The Kier molecular flexibility index (Phi) is 4.11. The van der Waals surface area contributed by atoms with Crippen molar-refractivity contribution >= 4 is 34.0 Å². The average Bonchev–Trinajstić information content (AvgIpc) is 2.17. The average molecular weight is 247 g/mol. The first-order chi connectivity index (χ1) is 7.04. The second-order valence-corrected chi connectivity index (χ2v) is 4.68. The van der Waals surface area contributed by atoms with Crippen LogP contribution in [0.2, 0.25) is 5.02 Å². The first kappa shape index (κ1) is 12.0. The summed E-state index contributed by atoms with van der Waals surface area (Å²) in [6.45, 7) is 0. The van der Waals surface area contributed by atoms with Gasteiger partial charge in [0.05, 0.1) is 20.7 Å². The predicted molar refractivity (Wildman–Crippen MR) is 61.2 cm³/mol. The summed E-state index contributed by atoms with van der Waals surface area (Å²) in [6, 6.07) is 4.68. The van der Waals surface area contributed by atoms with E-state index in [1.165, 1.54) is 13.1 Å². The molecule has 0 heterocycles. The predicted octanol–water partition coefficient (Wildman–Crippen LogP) is 0.776. The molecule has 4 nitrogen and oxygen atoms in total. The van der Waals surface area contributed by atoms with E-state index in [1.54, 1.807) is 12.1 Å². The lowest BCUT2D eigenvalue weighted by molar-refractivity contribution is -0.118. The van der Waals surface area contributed by atoms with Crippen LogP contribution in [0.1, 0.15) is 0 Å². The third-order valence-corrected chi connectivity index (χ3v) is 3.54. The number of carbonyl (C=O) groups excluding carboxylic acids is 1. The van der Waals surface area contributed by atoms with E-state index in [-0.39, 0.29) is 11.7 Å². The zero-order valence-corrected chi connectivity index (χ0v) is 9.69. The van der Waals surface area contributed by atoms with E-state index in [1.807, 2.05) is 0 Å². The van der Waals surface area contributed by atoms with Gasteiger partial charge in [0.25, 0.3) is 0 Å². The van der Waals surface area contributed by atoms with Crippen LogP contribution in [0.25, 0.3) is 0 Å². The van der Waals surface area contributed by atoms with Gasteiger partial charge >= 0.3 is 0 Å². The Morgan fingerprint density at radius 3 is 2.80 bits per heavy atom. The Labute approximate surface area is 95.3 Å². The minimum atomic E-state index is -1.43. The Bertz CT molecular complexity index is 409. The molecular formula is C9H11ClN2O2S. The number of carbonyl (C=O) groups is 1. The van der Waals surface area contributed by atoms with Crippen molar-refractivity contribution in [2.75, 3.05) is 18.5 Å². The maximum absolute atomic E-state index is 11.7. The minimum Gasteiger partial charge on any atom is -0.399 e. The molecule has 1 unspecified atom stereocenters. The molecular weight excluding hydrogens is 236 g/mol. The normalized spacial score (nSPS) is 12.1. The van der Waals surface area contributed by atoms with Gasteiger partial charge in [-0.2, -0.15) is 0 Å². The van der Waals surface area contributed by atoms with E-state index in [0.717, 1.165) is 0 Å². The van der Waals surface area contributed by atoms with Gasteiger partial charge in [-0.05, 0) is 18.2 Å². The van der Waals surface area contributed by atoms with Crippen LogP contribution in [-0.2, 0) is 15.6 Å². The van der Waals surface area contributed by atoms with Crippen molar-refractivity contribution in [1.29, 1.82) is 0 Å². The molecule has 1 atom stereocenters. The molecule has 0 aliphatic rings. The number of hydrogen-bond donors (Lipinski definition) is 2. The fraction of sp³-hybridized carbons (Fsp3) is 0.222. The van der Waals surface area contributed by atoms with Gasteiger partial charge in [-0.25, -0.2) is 0 Å². The number of nitrogens with two attached hydrogens (primary N) is 1. The van der Waals surface area contributed by atoms with Crippen molar-refractivity contribution in [3.05, 3.63) is 23.2 Å². The maximum Gasteiger partial charge on any atom is 0.232 e. The zero-order chi connectivity index (χ0) is 11.4. The summed E-state index contributed by atoms with van der Waals surface area (Å²) in [6.07, 6.45) is 0. The van der Waals surface area contributed by atoms with Gasteiger partial charge in [0.1, 0.15) is 5.75 Å². The smallest absolute Gasteiger partial charge is 0.232 e. The monoisotopic (exact) mass is 246 g/mol. The van der Waals surface area contributed by atoms with E-state index >= 15 is 0 Å². The summed E-state index contributed by atoms with van der Waals surface area (Å²) < 4.78 is 11.7. The van der Waals surface area contributed by atoms with Gasteiger partial charge in [-0.1, -0.05) is 11.6 Å². The second kappa shape index (κ2) is 5.14. The fourth-order valence-corrected chi connectivity index (χ4v) is 2.45. The maximum atomic E-state index is 11.7. The summed E-state index contributed by atoms with van der Waals surface area (Å²) in [5.41, 5.74) is 5.99. The van der Waals surface area contributed by atoms with Crippen molar-refractivity contribution in [3.63, 3.8) is 0 Å². The van der Waals surface area contributed by atoms with Crippen LogP contribution in [0.15, 0.2) is 23.1 Å². The largest absolute Gasteiger partial charge is 0.399 e. The molecule has 6 heteroatoms. The SMILES string of the molecule is CNC(=O)CS(=O)c1ccc(N)cc1Cl. The van der Waals surface area contributed by atoms with E-state index in [9.17, 15) is 9.00 Å². The fourth-order valence-electron chi connectivity index (χ4n) is 0.971. The van der Waals surface area contributed by atoms with Crippen molar-refractivity contribution in [1.82, 2.24) is 5.32 Å². The molecule has 0 bridgehead atoms. The summed E-state index contributed by atoms with van der Waals surface area (Å²) in [5.74, 6) is -0.388. The molecule has 0 radical (unpaired) electrons. The van der Waals surface area contributed by atoms with Crippen LogP contribution < -0.4 is 11.1 Å². The van der Waals surface area contributed by atoms with Crippen LogP contribution in [0.5, 0.6) is 0 Å². The highest BCUT2D eigenvalue weighted by Gasteiger charge is 2.12. The first-order valence-electron chi connectivity index (χ1n) is 4.18. The van der Waals surface area contributed by atoms with Crippen LogP contribution >= 0.6 is 11.6 Å². The number of halogens is 1. The van der Waals surface area contributed by atoms with Gasteiger partial charge in [0, 0.05) is 12.7 Å². The number of amides is 1. The molecule has 1 aromatic rings. The van der Waals surface area contributed by atoms with Crippen LogP contribution in [0, 0.1) is 0 Å². The molecule has 1 aromatic carbocycles. The number of rotatable bonds is 3. The molecule has 3 N–H and O–H groups in total. The molecule has 0 saturated carbocycles. The standard InChI is InChI=1S/C9H11ClN2O2S/c1-12-9(13)5-15(14)8-3-2-6(11)4-7(8)10/h2-4H,5,11H2,1H3,(H,12,13). The van der Waals surface area contributed by atoms with Crippen LogP contribution in [0.3, 0.4) is 0 Å². The number of nitrogen functional groups attached to an aromatic ring is 1. The van der Waals surface area contributed by atoms with Gasteiger partial charge in [-0.3, -0.25) is 9.00 Å². The van der Waals surface area contributed by atoms with Gasteiger partial charge in [-0.15, -0.1) is 0 Å². The van der Waals surface area contributed by atoms with Crippen molar-refractivity contribution in [2.24, 2.45) is 0 Å². The van der Waals surface area contributed by atoms with Crippen LogP contribution in [0.4, 0.5) is 5.69 Å². The van der Waals surface area contributed by atoms with Crippen molar-refractivity contribution in [2.45, 2.75) is 4.90 Å². The number of hydrogen-bond acceptors (Lipinski definition) is 3. The Hall–Kier alpha value is -1.07. The molecule has 0 aliphatic carbocycles. The van der Waals surface area contributed by atoms with Crippen molar-refractivity contribution < 1.29 is 9.00 Å². The molecule has 0 aromatic heterocycles. The highest BCUT2D eigenvalue weighted by molar-refractivity contribution is 7.85. The van der Waals surface area contributed by atoms with E-state index < -0.39 is 10.8 Å². The molecule has 0 aliphatic heterocycles. The van der Waals surface area contributed by atoms with E-state index in [2.05, 4.69) is 5.32 Å². The summed E-state index contributed by atoms with van der Waals surface area (Å²) in [4.78, 5) is 11.4. The Morgan fingerprint density at radius 1 is 1.60 bits per heavy atom. The van der Waals surface area contributed by atoms with Gasteiger partial charge in [0.2, 0.25) is 5.91 Å². The van der Waals surface area contributed by atoms with Crippen molar-refractivity contribution in [3.8, 4) is 0 Å². The van der Waals surface area contributed by atoms with E-state index in [0.29, 0.717) is 15.6 Å². The zero-order valence-electron chi connectivity index (χ0n) is 8.12. The Morgan fingerprint density at radius 2 is 2.27 bits per heavy atom. The summed E-state index contributed by atoms with van der Waals surface area (Å²) in [5, 5.41) is 2.71. The summed E-state index contributed by atoms with van der Waals surface area (Å²) >= 11 is 5.85. The van der Waals surface area contributed by atoms with E-state index in [4.69, 9.17) is 17.3 Å². The molecule has 82 valence electrons. The highest BCUT2D eigenvalue weighted by Crippen LogP contribution is 2.22. The number of nitrogens with one attached hydrogen (secondary N) is 1. The number of benzene rings is 1. The minimum absolute atomic E-state index is 0.0971. The lowest BCUT2D eigenvalue weighted by Crippen LogP contribution is -2.24. The Balaban J connectivity index is 2.87. The quantitative estimate of drug-likeness (QED) is 0.774. The molecule has 1 amide bonds. The molecule has 0 spiro atoms. The molecule has 0 saturated heterocycles. The van der Waals surface area contributed by atoms with Gasteiger partial charge in [0.15, 0.2) is 0 Å². The lowest BCUT2D eigenvalue weighted by Gasteiger charge is -2.04. The topological polar surface area (TPSA) is 72.2 Å². The number of anilines is 1. The highest BCUT2D eigenvalue weighted by atomic mass is 35.5. The second-order valence-electron chi connectivity index (χ2n) is 2.85. The molecule has 0 fully saturated rings. The molecule has 1 rings (SSSR count). The molecule has 15 heavy (non-hydrogen) atoms. The third-order valence-electron chi connectivity index (χ3n) is 1.74. The van der Waals surface area contributed by atoms with Crippen LogP contribution in [-0.4, -0.2) is 22.9 Å². The summed E-state index contributed by atoms with van der Waals surface area (Å²) in [7, 11) is 0.0574. The third kappa shape index (κ3) is 3.21.